The summed E-state index contributed by atoms with van der Waals surface area (Å²) >= 11 is 0. The number of rotatable bonds is 5. The summed E-state index contributed by atoms with van der Waals surface area (Å²) in [4.78, 5) is 12.5. The summed E-state index contributed by atoms with van der Waals surface area (Å²) in [5.74, 6) is 0.477. The number of hydrogen-bond acceptors (Lipinski definition) is 3. The Balaban J connectivity index is 2.44. The predicted octanol–water partition coefficient (Wildman–Crippen LogP) is 3.41. The van der Waals surface area contributed by atoms with Gasteiger partial charge in [0.25, 0.3) is 5.56 Å². The minimum atomic E-state index is -0.297. The molecule has 1 heterocycles. The molecule has 0 aliphatic heterocycles. The maximum Gasteiger partial charge on any atom is 0.285 e. The minimum absolute atomic E-state index is 0.234. The molecule has 0 bridgehead atoms. The fourth-order valence-electron chi connectivity index (χ4n) is 2.72. The van der Waals surface area contributed by atoms with Gasteiger partial charge >= 0.3 is 0 Å². The molecule has 0 atom stereocenters. The van der Waals surface area contributed by atoms with Gasteiger partial charge in [-0.2, -0.15) is 10.4 Å². The second-order valence-electron chi connectivity index (χ2n) is 5.98. The highest BCUT2D eigenvalue weighted by Gasteiger charge is 2.15. The minimum Gasteiger partial charge on any atom is -0.266 e. The Morgan fingerprint density at radius 1 is 1.17 bits per heavy atom. The van der Waals surface area contributed by atoms with Crippen LogP contribution in [0.5, 0.6) is 0 Å². The number of aryl methyl sites for hydroxylation is 1. The van der Waals surface area contributed by atoms with E-state index in [1.54, 1.807) is 0 Å². The van der Waals surface area contributed by atoms with Gasteiger partial charge < -0.3 is 0 Å². The van der Waals surface area contributed by atoms with Crippen molar-refractivity contribution in [1.82, 2.24) is 9.78 Å². The third-order valence-corrected chi connectivity index (χ3v) is 4.12. The van der Waals surface area contributed by atoms with Crippen LogP contribution in [-0.4, -0.2) is 9.78 Å². The Labute approximate surface area is 137 Å². The fourth-order valence-corrected chi connectivity index (χ4v) is 2.72. The van der Waals surface area contributed by atoms with Gasteiger partial charge in [0.15, 0.2) is 0 Å². The van der Waals surface area contributed by atoms with E-state index in [-0.39, 0.29) is 11.1 Å². The number of nitrogens with zero attached hydrogens (tertiary/aromatic N) is 3. The third-order valence-electron chi connectivity index (χ3n) is 4.12. The largest absolute Gasteiger partial charge is 0.285 e. The molecule has 4 nitrogen and oxygen atoms in total. The van der Waals surface area contributed by atoms with E-state index in [0.717, 1.165) is 16.8 Å². The van der Waals surface area contributed by atoms with Crippen LogP contribution in [0.2, 0.25) is 0 Å². The zero-order valence-electron chi connectivity index (χ0n) is 14.3. The van der Waals surface area contributed by atoms with Gasteiger partial charge in [0, 0.05) is 0 Å². The van der Waals surface area contributed by atoms with E-state index in [4.69, 9.17) is 0 Å². The highest BCUT2D eigenvalue weighted by molar-refractivity contribution is 5.38. The zero-order chi connectivity index (χ0) is 17.0. The first-order valence-corrected chi connectivity index (χ1v) is 8.13. The topological polar surface area (TPSA) is 58.7 Å². The maximum absolute atomic E-state index is 12.5. The van der Waals surface area contributed by atoms with E-state index >= 15 is 0 Å². The summed E-state index contributed by atoms with van der Waals surface area (Å²) in [6, 6.07) is 10.3. The Morgan fingerprint density at radius 3 is 2.30 bits per heavy atom. The molecule has 0 saturated carbocycles. The van der Waals surface area contributed by atoms with E-state index in [1.165, 1.54) is 10.2 Å². The van der Waals surface area contributed by atoms with Gasteiger partial charge in [-0.05, 0) is 35.4 Å². The lowest BCUT2D eigenvalue weighted by molar-refractivity contribution is 0.611. The second kappa shape index (κ2) is 7.23. The second-order valence-corrected chi connectivity index (χ2v) is 5.98. The van der Waals surface area contributed by atoms with Crippen molar-refractivity contribution in [3.8, 4) is 6.07 Å². The van der Waals surface area contributed by atoms with Gasteiger partial charge in [-0.25, -0.2) is 4.68 Å². The fraction of sp³-hybridized carbons (Fsp3) is 0.421. The molecule has 0 spiro atoms. The van der Waals surface area contributed by atoms with Crippen molar-refractivity contribution in [2.75, 3.05) is 0 Å². The first-order valence-electron chi connectivity index (χ1n) is 8.13. The molecule has 120 valence electrons. The summed E-state index contributed by atoms with van der Waals surface area (Å²) in [6.45, 7) is 8.64. The van der Waals surface area contributed by atoms with Gasteiger partial charge in [0.05, 0.1) is 12.2 Å². The molecular formula is C19H23N3O. The number of benzene rings is 1. The van der Waals surface area contributed by atoms with E-state index in [0.29, 0.717) is 25.3 Å². The molecule has 0 unspecified atom stereocenters. The van der Waals surface area contributed by atoms with Crippen molar-refractivity contribution >= 4 is 0 Å². The van der Waals surface area contributed by atoms with Gasteiger partial charge in [0.1, 0.15) is 11.6 Å². The Kier molecular flexibility index (Phi) is 5.33. The maximum atomic E-state index is 12.5. The van der Waals surface area contributed by atoms with Crippen molar-refractivity contribution in [1.29, 1.82) is 5.26 Å². The number of nitriles is 1. The molecule has 0 fully saturated rings. The normalized spacial score (nSPS) is 10.8. The van der Waals surface area contributed by atoms with Crippen molar-refractivity contribution < 1.29 is 0 Å². The van der Waals surface area contributed by atoms with E-state index in [2.05, 4.69) is 37.1 Å². The van der Waals surface area contributed by atoms with Crippen LogP contribution in [0.15, 0.2) is 29.1 Å². The SMILES string of the molecule is CCc1nn(Cc2ccc(C(C)C)cc2)c(=O)c(C#N)c1CC. The summed E-state index contributed by atoms with van der Waals surface area (Å²) in [5.41, 5.74) is 3.84. The van der Waals surface area contributed by atoms with Crippen LogP contribution >= 0.6 is 0 Å². The lowest BCUT2D eigenvalue weighted by atomic mass is 10.0. The molecule has 0 aliphatic carbocycles. The smallest absolute Gasteiger partial charge is 0.266 e. The quantitative estimate of drug-likeness (QED) is 0.850. The summed E-state index contributed by atoms with van der Waals surface area (Å²) < 4.78 is 1.42. The van der Waals surface area contributed by atoms with E-state index in [9.17, 15) is 10.1 Å². The number of hydrogen-bond donors (Lipinski definition) is 0. The predicted molar refractivity (Wildman–Crippen MR) is 91.6 cm³/mol. The standard InChI is InChI=1S/C19H23N3O/c1-5-16-17(11-20)19(23)22(21-18(16)6-2)12-14-7-9-15(10-8-14)13(3)4/h7-10,13H,5-6,12H2,1-4H3. The Hall–Kier alpha value is -2.41. The molecule has 2 aromatic rings. The molecule has 1 aromatic carbocycles. The van der Waals surface area contributed by atoms with Crippen LogP contribution in [0.25, 0.3) is 0 Å². The lowest BCUT2D eigenvalue weighted by Crippen LogP contribution is -2.29. The molecular weight excluding hydrogens is 286 g/mol. The highest BCUT2D eigenvalue weighted by atomic mass is 16.1. The third kappa shape index (κ3) is 3.50. The van der Waals surface area contributed by atoms with Crippen molar-refractivity contribution in [3.05, 3.63) is 62.6 Å². The highest BCUT2D eigenvalue weighted by Crippen LogP contribution is 2.15. The molecule has 0 aliphatic rings. The number of aromatic nitrogens is 2. The van der Waals surface area contributed by atoms with Gasteiger partial charge in [-0.3, -0.25) is 4.79 Å². The van der Waals surface area contributed by atoms with Crippen LogP contribution in [0.1, 0.15) is 61.6 Å². The molecule has 0 N–H and O–H groups in total. The summed E-state index contributed by atoms with van der Waals surface area (Å²) in [5, 5.41) is 13.8. The summed E-state index contributed by atoms with van der Waals surface area (Å²) in [6.07, 6.45) is 1.36. The average molecular weight is 309 g/mol. The first kappa shape index (κ1) is 17.0. The van der Waals surface area contributed by atoms with Gasteiger partial charge in [0.2, 0.25) is 0 Å². The van der Waals surface area contributed by atoms with Crippen molar-refractivity contribution in [2.24, 2.45) is 0 Å². The van der Waals surface area contributed by atoms with E-state index < -0.39 is 0 Å². The van der Waals surface area contributed by atoms with Gasteiger partial charge in [-0.15, -0.1) is 0 Å². The summed E-state index contributed by atoms with van der Waals surface area (Å²) in [7, 11) is 0. The Morgan fingerprint density at radius 2 is 1.83 bits per heavy atom. The Bertz CT molecular complexity index is 780. The first-order chi connectivity index (χ1) is 11.0. The zero-order valence-corrected chi connectivity index (χ0v) is 14.3. The molecule has 23 heavy (non-hydrogen) atoms. The van der Waals surface area contributed by atoms with Crippen molar-refractivity contribution in [3.63, 3.8) is 0 Å². The monoisotopic (exact) mass is 309 g/mol. The van der Waals surface area contributed by atoms with Crippen LogP contribution in [0.4, 0.5) is 0 Å². The molecule has 0 amide bonds. The lowest BCUT2D eigenvalue weighted by Gasteiger charge is -2.12. The molecule has 1 aromatic heterocycles. The van der Waals surface area contributed by atoms with Crippen LogP contribution in [0, 0.1) is 11.3 Å². The molecule has 2 rings (SSSR count). The molecule has 0 radical (unpaired) electrons. The van der Waals surface area contributed by atoms with Crippen molar-refractivity contribution in [2.45, 2.75) is 53.0 Å². The van der Waals surface area contributed by atoms with Gasteiger partial charge in [-0.1, -0.05) is 52.0 Å². The van der Waals surface area contributed by atoms with E-state index in [1.807, 2.05) is 26.0 Å². The average Bonchev–Trinajstić information content (AvgIpc) is 2.56. The molecule has 4 heteroatoms. The van der Waals surface area contributed by atoms with Crippen LogP contribution in [0.3, 0.4) is 0 Å². The van der Waals surface area contributed by atoms with Crippen LogP contribution < -0.4 is 5.56 Å². The molecule has 0 saturated heterocycles. The van der Waals surface area contributed by atoms with Crippen LogP contribution in [-0.2, 0) is 19.4 Å².